The van der Waals surface area contributed by atoms with Crippen LogP contribution in [0.3, 0.4) is 0 Å². The summed E-state index contributed by atoms with van der Waals surface area (Å²) in [6, 6.07) is 0. The van der Waals surface area contributed by atoms with Crippen molar-refractivity contribution < 1.29 is 25.2 Å². The van der Waals surface area contributed by atoms with Crippen molar-refractivity contribution >= 4 is 5.97 Å². The first kappa shape index (κ1) is 25.7. The number of rotatable bonds is 3. The molecule has 5 rings (SSSR count). The maximum atomic E-state index is 12.8. The SMILES string of the molecule is C=C(C)[C@@H]1CC[C@]2(C(=O)O)CC[C@]3(C)[C@H](C[C@@H](O)[C@H]4[C@@]5(C)CC[C@@H](O)[C@@](C)(CO)[C@@H]5CC[C@]43C)[C@@H]12. The number of hydrogen-bond acceptors (Lipinski definition) is 4. The summed E-state index contributed by atoms with van der Waals surface area (Å²) in [4.78, 5) is 12.8. The lowest BCUT2D eigenvalue weighted by Crippen LogP contribution is -2.70. The van der Waals surface area contributed by atoms with Crippen molar-refractivity contribution in [2.45, 2.75) is 105 Å². The van der Waals surface area contributed by atoms with Gasteiger partial charge in [0, 0.05) is 5.41 Å². The quantitative estimate of drug-likeness (QED) is 0.418. The lowest BCUT2D eigenvalue weighted by atomic mass is 9.31. The fourth-order valence-electron chi connectivity index (χ4n) is 11.6. The van der Waals surface area contributed by atoms with Crippen LogP contribution in [0.25, 0.3) is 0 Å². The molecule has 0 spiro atoms. The molecule has 5 aliphatic rings. The van der Waals surface area contributed by atoms with E-state index in [1.54, 1.807) is 0 Å². The molecule has 5 nitrogen and oxygen atoms in total. The van der Waals surface area contributed by atoms with E-state index < -0.39 is 29.0 Å². The minimum Gasteiger partial charge on any atom is -0.481 e. The average Bonchev–Trinajstić information content (AvgIpc) is 3.19. The van der Waals surface area contributed by atoms with E-state index in [0.29, 0.717) is 12.8 Å². The van der Waals surface area contributed by atoms with E-state index in [1.165, 1.54) is 0 Å². The van der Waals surface area contributed by atoms with Gasteiger partial charge in [0.1, 0.15) is 0 Å². The van der Waals surface area contributed by atoms with Crippen molar-refractivity contribution in [1.29, 1.82) is 0 Å². The standard InChI is InChI=1S/C30H48O5/c1-17(2)18-7-12-30(25(34)35)14-13-28(5)19(23(18)30)15-20(32)24-26(3)10-9-22(33)27(4,16-31)21(26)8-11-29(24,28)6/h18-24,31-33H,1,7-16H2,2-6H3,(H,34,35)/t18-,19+,20+,21+,22+,23+,24-,26-,27-,28+,29+,30-/m0/s1. The zero-order chi connectivity index (χ0) is 25.8. The summed E-state index contributed by atoms with van der Waals surface area (Å²) in [5, 5.41) is 43.8. The van der Waals surface area contributed by atoms with Crippen LogP contribution in [0.5, 0.6) is 0 Å². The Hall–Kier alpha value is -0.910. The second kappa shape index (κ2) is 7.80. The highest BCUT2D eigenvalue weighted by molar-refractivity contribution is 5.76. The number of carboxylic acids is 1. The lowest BCUT2D eigenvalue weighted by molar-refractivity contribution is -0.280. The van der Waals surface area contributed by atoms with Gasteiger partial charge >= 0.3 is 5.97 Å². The van der Waals surface area contributed by atoms with Crippen molar-refractivity contribution in [1.82, 2.24) is 0 Å². The third kappa shape index (κ3) is 2.95. The van der Waals surface area contributed by atoms with Gasteiger partial charge in [-0.25, -0.2) is 0 Å². The summed E-state index contributed by atoms with van der Waals surface area (Å²) < 4.78 is 0. The molecule has 0 radical (unpaired) electrons. The molecule has 5 saturated carbocycles. The van der Waals surface area contributed by atoms with Crippen LogP contribution in [0, 0.1) is 56.7 Å². The summed E-state index contributed by atoms with van der Waals surface area (Å²) in [7, 11) is 0. The fourth-order valence-corrected chi connectivity index (χ4v) is 11.6. The van der Waals surface area contributed by atoms with Gasteiger partial charge in [0.25, 0.3) is 0 Å². The van der Waals surface area contributed by atoms with Crippen LogP contribution in [0.15, 0.2) is 12.2 Å². The van der Waals surface area contributed by atoms with E-state index in [2.05, 4.69) is 34.3 Å². The zero-order valence-electron chi connectivity index (χ0n) is 22.5. The van der Waals surface area contributed by atoms with Gasteiger partial charge in [0.05, 0.1) is 24.2 Å². The topological polar surface area (TPSA) is 98.0 Å². The molecule has 0 bridgehead atoms. The number of aliphatic hydroxyl groups excluding tert-OH is 3. The highest BCUT2D eigenvalue weighted by Gasteiger charge is 2.74. The van der Waals surface area contributed by atoms with Gasteiger partial charge in [0.2, 0.25) is 0 Å². The third-order valence-electron chi connectivity index (χ3n) is 13.6. The minimum atomic E-state index is -0.692. The molecular formula is C30H48O5. The summed E-state index contributed by atoms with van der Waals surface area (Å²) >= 11 is 0. The number of carboxylic acid groups (broad SMARTS) is 1. The number of aliphatic carboxylic acids is 1. The molecule has 0 saturated heterocycles. The molecule has 0 aromatic carbocycles. The Kier molecular flexibility index (Phi) is 5.73. The maximum Gasteiger partial charge on any atom is 0.309 e. The van der Waals surface area contributed by atoms with Gasteiger partial charge in [-0.2, -0.15) is 0 Å². The van der Waals surface area contributed by atoms with Gasteiger partial charge in [-0.1, -0.05) is 39.8 Å². The van der Waals surface area contributed by atoms with Gasteiger partial charge in [0.15, 0.2) is 0 Å². The van der Waals surface area contributed by atoms with Crippen LogP contribution in [0.4, 0.5) is 0 Å². The molecule has 35 heavy (non-hydrogen) atoms. The first-order chi connectivity index (χ1) is 16.2. The van der Waals surface area contributed by atoms with E-state index in [-0.39, 0.29) is 52.4 Å². The summed E-state index contributed by atoms with van der Waals surface area (Å²) in [5.41, 5.74) is -0.485. The van der Waals surface area contributed by atoms with Crippen molar-refractivity contribution in [2.75, 3.05) is 6.61 Å². The number of hydrogen-bond donors (Lipinski definition) is 4. The average molecular weight is 489 g/mol. The number of aliphatic hydroxyl groups is 3. The van der Waals surface area contributed by atoms with E-state index in [4.69, 9.17) is 0 Å². The molecule has 0 aromatic heterocycles. The molecule has 4 N–H and O–H groups in total. The molecular weight excluding hydrogens is 440 g/mol. The molecule has 5 aliphatic carbocycles. The van der Waals surface area contributed by atoms with E-state index in [1.807, 2.05) is 6.92 Å². The number of fused-ring (bicyclic) bond motifs is 7. The highest BCUT2D eigenvalue weighted by atomic mass is 16.4. The fraction of sp³-hybridized carbons (Fsp3) is 0.900. The second-order valence-electron chi connectivity index (χ2n) is 14.5. The number of carbonyl (C=O) groups is 1. The van der Waals surface area contributed by atoms with Gasteiger partial charge in [-0.3, -0.25) is 4.79 Å². The Morgan fingerprint density at radius 1 is 0.943 bits per heavy atom. The normalized spacial score (nSPS) is 57.4. The van der Waals surface area contributed by atoms with Crippen LogP contribution in [0.2, 0.25) is 0 Å². The third-order valence-corrected chi connectivity index (χ3v) is 13.6. The van der Waals surface area contributed by atoms with Crippen LogP contribution in [-0.4, -0.2) is 45.2 Å². The number of allylic oxidation sites excluding steroid dienone is 1. The Balaban J connectivity index is 1.60. The van der Waals surface area contributed by atoms with Gasteiger partial charge in [-0.15, -0.1) is 0 Å². The van der Waals surface area contributed by atoms with Crippen molar-refractivity contribution in [2.24, 2.45) is 56.7 Å². The molecule has 5 heteroatoms. The van der Waals surface area contributed by atoms with Gasteiger partial charge < -0.3 is 20.4 Å². The van der Waals surface area contributed by atoms with Crippen LogP contribution < -0.4 is 0 Å². The highest BCUT2D eigenvalue weighted by Crippen LogP contribution is 2.77. The Labute approximate surface area is 211 Å². The minimum absolute atomic E-state index is 0.0304. The van der Waals surface area contributed by atoms with Gasteiger partial charge in [-0.05, 0) is 111 Å². The predicted octanol–water partition coefficient (Wildman–Crippen LogP) is 5.03. The molecule has 5 fully saturated rings. The predicted molar refractivity (Wildman–Crippen MR) is 135 cm³/mol. The second-order valence-corrected chi connectivity index (χ2v) is 14.5. The Morgan fingerprint density at radius 3 is 2.23 bits per heavy atom. The zero-order valence-corrected chi connectivity index (χ0v) is 22.5. The smallest absolute Gasteiger partial charge is 0.309 e. The van der Waals surface area contributed by atoms with Crippen molar-refractivity contribution in [3.8, 4) is 0 Å². The monoisotopic (exact) mass is 488 g/mol. The largest absolute Gasteiger partial charge is 0.481 e. The first-order valence-corrected chi connectivity index (χ1v) is 14.1. The van der Waals surface area contributed by atoms with Crippen LogP contribution in [0.1, 0.15) is 92.4 Å². The molecule has 0 heterocycles. The van der Waals surface area contributed by atoms with Crippen LogP contribution >= 0.6 is 0 Å². The molecule has 0 amide bonds. The summed E-state index contributed by atoms with van der Waals surface area (Å²) in [5.74, 6) is -0.0111. The van der Waals surface area contributed by atoms with Crippen LogP contribution in [-0.2, 0) is 4.79 Å². The Morgan fingerprint density at radius 2 is 1.63 bits per heavy atom. The van der Waals surface area contributed by atoms with E-state index in [9.17, 15) is 25.2 Å². The lowest BCUT2D eigenvalue weighted by Gasteiger charge is -2.73. The van der Waals surface area contributed by atoms with E-state index >= 15 is 0 Å². The molecule has 12 atom stereocenters. The van der Waals surface area contributed by atoms with Crippen molar-refractivity contribution in [3.05, 3.63) is 12.2 Å². The molecule has 0 aliphatic heterocycles. The molecule has 198 valence electrons. The van der Waals surface area contributed by atoms with Crippen molar-refractivity contribution in [3.63, 3.8) is 0 Å². The maximum absolute atomic E-state index is 12.8. The summed E-state index contributed by atoms with van der Waals surface area (Å²) in [6.07, 6.45) is 6.27. The molecule has 0 unspecified atom stereocenters. The van der Waals surface area contributed by atoms with E-state index in [0.717, 1.165) is 50.5 Å². The molecule has 0 aromatic rings. The first-order valence-electron chi connectivity index (χ1n) is 14.1. The Bertz CT molecular complexity index is 916. The summed E-state index contributed by atoms with van der Waals surface area (Å²) in [6.45, 7) is 15.5.